The average Bonchev–Trinajstić information content (AvgIpc) is 2.39. The van der Waals surface area contributed by atoms with Gasteiger partial charge in [-0.05, 0) is 30.5 Å². The Morgan fingerprint density at radius 3 is 2.94 bits per heavy atom. The summed E-state index contributed by atoms with van der Waals surface area (Å²) in [7, 11) is 0. The number of nitrogens with two attached hydrogens (primary N) is 1. The van der Waals surface area contributed by atoms with Crippen molar-refractivity contribution in [3.05, 3.63) is 41.0 Å². The first-order valence-corrected chi connectivity index (χ1v) is 6.10. The third kappa shape index (κ3) is 2.39. The lowest BCUT2D eigenvalue weighted by molar-refractivity contribution is 0.716. The zero-order valence-electron chi connectivity index (χ0n) is 10.2. The number of hydrogen-bond donors (Lipinski definition) is 3. The molecule has 1 aromatic rings. The van der Waals surface area contributed by atoms with Crippen molar-refractivity contribution in [3.63, 3.8) is 0 Å². The molecular formula is C14H19N3. The van der Waals surface area contributed by atoms with Crippen LogP contribution in [-0.2, 0) is 6.42 Å². The van der Waals surface area contributed by atoms with Gasteiger partial charge in [-0.25, -0.2) is 0 Å². The van der Waals surface area contributed by atoms with Gasteiger partial charge in [0.05, 0.1) is 5.71 Å². The molecule has 0 amide bonds. The van der Waals surface area contributed by atoms with Gasteiger partial charge < -0.3 is 11.1 Å². The number of rotatable bonds is 3. The maximum Gasteiger partial charge on any atom is 0.0674 e. The second kappa shape index (κ2) is 5.15. The molecule has 0 fully saturated rings. The van der Waals surface area contributed by atoms with E-state index >= 15 is 0 Å². The van der Waals surface area contributed by atoms with E-state index in [9.17, 15) is 0 Å². The molecule has 17 heavy (non-hydrogen) atoms. The Labute approximate surface area is 102 Å². The van der Waals surface area contributed by atoms with Crippen molar-refractivity contribution >= 4 is 11.4 Å². The molecule has 1 aromatic carbocycles. The molecule has 0 bridgehead atoms. The Morgan fingerprint density at radius 2 is 2.29 bits per heavy atom. The van der Waals surface area contributed by atoms with Gasteiger partial charge in [-0.2, -0.15) is 0 Å². The van der Waals surface area contributed by atoms with Crippen molar-refractivity contribution in [3.8, 4) is 0 Å². The summed E-state index contributed by atoms with van der Waals surface area (Å²) >= 11 is 0. The van der Waals surface area contributed by atoms with Crippen LogP contribution in [0.2, 0.25) is 0 Å². The predicted molar refractivity (Wildman–Crippen MR) is 72.6 cm³/mol. The Bertz CT molecular complexity index is 461. The van der Waals surface area contributed by atoms with E-state index in [0.717, 1.165) is 48.3 Å². The first kappa shape index (κ1) is 11.9. The summed E-state index contributed by atoms with van der Waals surface area (Å²) in [6, 6.07) is 5.95. The molecule has 90 valence electrons. The maximum absolute atomic E-state index is 8.25. The van der Waals surface area contributed by atoms with Gasteiger partial charge in [-0.1, -0.05) is 31.2 Å². The third-order valence-electron chi connectivity index (χ3n) is 3.20. The van der Waals surface area contributed by atoms with Crippen LogP contribution in [0.3, 0.4) is 0 Å². The summed E-state index contributed by atoms with van der Waals surface area (Å²) in [5.41, 5.74) is 10.5. The molecular weight excluding hydrogens is 210 g/mol. The van der Waals surface area contributed by atoms with Crippen LogP contribution in [0.1, 0.15) is 24.5 Å². The molecule has 0 aliphatic carbocycles. The molecule has 0 unspecified atom stereocenters. The maximum atomic E-state index is 8.25. The van der Waals surface area contributed by atoms with E-state index < -0.39 is 0 Å². The first-order valence-electron chi connectivity index (χ1n) is 6.10. The zero-order chi connectivity index (χ0) is 12.3. The quantitative estimate of drug-likeness (QED) is 0.549. The summed E-state index contributed by atoms with van der Waals surface area (Å²) in [6.45, 7) is 3.86. The highest BCUT2D eigenvalue weighted by Crippen LogP contribution is 2.21. The second-order valence-electron chi connectivity index (χ2n) is 4.30. The molecule has 0 saturated heterocycles. The highest BCUT2D eigenvalue weighted by atomic mass is 14.9. The minimum Gasteiger partial charge on any atom is -0.398 e. The van der Waals surface area contributed by atoms with Gasteiger partial charge >= 0.3 is 0 Å². The van der Waals surface area contributed by atoms with Gasteiger partial charge in [-0.3, -0.25) is 5.41 Å². The summed E-state index contributed by atoms with van der Waals surface area (Å²) in [6.07, 6.45) is 4.03. The Kier molecular flexibility index (Phi) is 3.59. The van der Waals surface area contributed by atoms with Gasteiger partial charge in [-0.15, -0.1) is 0 Å². The van der Waals surface area contributed by atoms with Crippen LogP contribution >= 0.6 is 0 Å². The molecule has 1 aliphatic rings. The van der Waals surface area contributed by atoms with Crippen molar-refractivity contribution in [2.75, 3.05) is 18.8 Å². The number of aryl methyl sites for hydroxylation is 1. The highest BCUT2D eigenvalue weighted by molar-refractivity contribution is 6.14. The normalized spacial score (nSPS) is 15.5. The van der Waals surface area contributed by atoms with E-state index in [4.69, 9.17) is 11.1 Å². The van der Waals surface area contributed by atoms with E-state index in [0.29, 0.717) is 5.71 Å². The molecule has 3 heteroatoms. The van der Waals surface area contributed by atoms with Crippen molar-refractivity contribution in [1.82, 2.24) is 5.32 Å². The van der Waals surface area contributed by atoms with Gasteiger partial charge in [0.1, 0.15) is 0 Å². The molecule has 0 saturated carbocycles. The van der Waals surface area contributed by atoms with E-state index in [1.165, 1.54) is 0 Å². The predicted octanol–water partition coefficient (Wildman–Crippen LogP) is 2.12. The van der Waals surface area contributed by atoms with Crippen LogP contribution in [0, 0.1) is 5.41 Å². The minimum atomic E-state index is 0.560. The second-order valence-corrected chi connectivity index (χ2v) is 4.30. The van der Waals surface area contributed by atoms with Crippen molar-refractivity contribution in [2.45, 2.75) is 19.8 Å². The number of nitrogens with one attached hydrogen (secondary N) is 2. The molecule has 1 heterocycles. The van der Waals surface area contributed by atoms with Crippen molar-refractivity contribution in [1.29, 1.82) is 5.41 Å². The van der Waals surface area contributed by atoms with E-state index in [1.54, 1.807) is 0 Å². The largest absolute Gasteiger partial charge is 0.398 e. The number of para-hydroxylation sites is 1. The zero-order valence-corrected chi connectivity index (χ0v) is 10.2. The summed E-state index contributed by atoms with van der Waals surface area (Å²) < 4.78 is 0. The Morgan fingerprint density at radius 1 is 1.47 bits per heavy atom. The molecule has 1 aliphatic heterocycles. The molecule has 2 rings (SSSR count). The molecule has 0 radical (unpaired) electrons. The fourth-order valence-electron chi connectivity index (χ4n) is 2.15. The summed E-state index contributed by atoms with van der Waals surface area (Å²) in [4.78, 5) is 0. The lowest BCUT2D eigenvalue weighted by Gasteiger charge is -2.17. The highest BCUT2D eigenvalue weighted by Gasteiger charge is 2.14. The average molecular weight is 229 g/mol. The van der Waals surface area contributed by atoms with Crippen LogP contribution in [0.5, 0.6) is 0 Å². The number of hydrogen-bond acceptors (Lipinski definition) is 3. The van der Waals surface area contributed by atoms with Gasteiger partial charge in [0, 0.05) is 17.8 Å². The van der Waals surface area contributed by atoms with Crippen LogP contribution in [0.15, 0.2) is 29.8 Å². The van der Waals surface area contributed by atoms with Crippen molar-refractivity contribution < 1.29 is 0 Å². The number of benzene rings is 1. The fourth-order valence-corrected chi connectivity index (χ4v) is 2.15. The summed E-state index contributed by atoms with van der Waals surface area (Å²) in [5, 5.41) is 11.5. The van der Waals surface area contributed by atoms with Crippen LogP contribution < -0.4 is 11.1 Å². The minimum absolute atomic E-state index is 0.560. The molecule has 0 aromatic heterocycles. The molecule has 0 atom stereocenters. The van der Waals surface area contributed by atoms with Crippen LogP contribution in [-0.4, -0.2) is 18.8 Å². The Balaban J connectivity index is 2.33. The topological polar surface area (TPSA) is 61.9 Å². The van der Waals surface area contributed by atoms with Crippen LogP contribution in [0.25, 0.3) is 0 Å². The number of anilines is 1. The SMILES string of the molecule is CCc1cccc(C(=N)C2=CCCNC2)c1N. The van der Waals surface area contributed by atoms with Gasteiger partial charge in [0.15, 0.2) is 0 Å². The van der Waals surface area contributed by atoms with E-state index in [-0.39, 0.29) is 0 Å². The molecule has 4 N–H and O–H groups in total. The van der Waals surface area contributed by atoms with Gasteiger partial charge in [0.2, 0.25) is 0 Å². The lowest BCUT2D eigenvalue weighted by atomic mass is 9.95. The van der Waals surface area contributed by atoms with Crippen molar-refractivity contribution in [2.24, 2.45) is 0 Å². The molecule has 3 nitrogen and oxygen atoms in total. The first-order chi connectivity index (χ1) is 8.24. The van der Waals surface area contributed by atoms with Crippen LogP contribution in [0.4, 0.5) is 5.69 Å². The fraction of sp³-hybridized carbons (Fsp3) is 0.357. The smallest absolute Gasteiger partial charge is 0.0674 e. The lowest BCUT2D eigenvalue weighted by Crippen LogP contribution is -2.26. The Hall–Kier alpha value is -1.61. The monoisotopic (exact) mass is 229 g/mol. The van der Waals surface area contributed by atoms with E-state index in [2.05, 4.69) is 18.3 Å². The van der Waals surface area contributed by atoms with E-state index in [1.807, 2.05) is 18.2 Å². The number of nitrogen functional groups attached to an aromatic ring is 1. The standard InChI is InChI=1S/C14H19N3/c1-2-10-5-3-7-12(13(10)15)14(16)11-6-4-8-17-9-11/h3,5-7,16-17H,2,4,8-9,15H2,1H3. The summed E-state index contributed by atoms with van der Waals surface area (Å²) in [5.74, 6) is 0. The van der Waals surface area contributed by atoms with Gasteiger partial charge in [0.25, 0.3) is 0 Å². The molecule has 0 spiro atoms. The third-order valence-corrected chi connectivity index (χ3v) is 3.20.